The molecule has 2 unspecified atom stereocenters. The quantitative estimate of drug-likeness (QED) is 0.849. The monoisotopic (exact) mass is 339 g/mol. The van der Waals surface area contributed by atoms with Crippen LogP contribution in [0.25, 0.3) is 11.4 Å². The van der Waals surface area contributed by atoms with Crippen LogP contribution in [-0.2, 0) is 6.54 Å². The summed E-state index contributed by atoms with van der Waals surface area (Å²) in [4.78, 5) is 7.27. The van der Waals surface area contributed by atoms with Gasteiger partial charge in [0.25, 0.3) is 0 Å². The molecule has 2 aromatic rings. The van der Waals surface area contributed by atoms with Crippen LogP contribution in [-0.4, -0.2) is 34.7 Å². The maximum atomic E-state index is 5.57. The van der Waals surface area contributed by atoms with E-state index >= 15 is 0 Å². The van der Waals surface area contributed by atoms with Crippen molar-refractivity contribution in [1.29, 1.82) is 0 Å². The Balaban J connectivity index is 1.32. The summed E-state index contributed by atoms with van der Waals surface area (Å²) in [7, 11) is 1.67. The van der Waals surface area contributed by atoms with Crippen molar-refractivity contribution in [3.63, 3.8) is 0 Å². The van der Waals surface area contributed by atoms with Crippen LogP contribution in [0.2, 0.25) is 0 Å². The lowest BCUT2D eigenvalue weighted by Crippen LogP contribution is -2.37. The predicted molar refractivity (Wildman–Crippen MR) is 94.0 cm³/mol. The molecule has 0 radical (unpaired) electrons. The number of fused-ring (bicyclic) bond motifs is 1. The number of methoxy groups -OCH3 is 1. The summed E-state index contributed by atoms with van der Waals surface area (Å²) >= 11 is 0. The van der Waals surface area contributed by atoms with Crippen LogP contribution >= 0.6 is 0 Å². The number of hydrogen-bond donors (Lipinski definition) is 0. The molecule has 3 heterocycles. The zero-order chi connectivity index (χ0) is 16.8. The first-order valence-electron chi connectivity index (χ1n) is 9.48. The molecule has 2 saturated heterocycles. The molecule has 5 heteroatoms. The van der Waals surface area contributed by atoms with Crippen molar-refractivity contribution in [3.05, 3.63) is 30.2 Å². The van der Waals surface area contributed by atoms with E-state index in [1.165, 1.54) is 38.6 Å². The van der Waals surface area contributed by atoms with Gasteiger partial charge in [0.1, 0.15) is 5.75 Å². The molecule has 4 atom stereocenters. The van der Waals surface area contributed by atoms with Gasteiger partial charge in [0, 0.05) is 18.2 Å². The number of rotatable bonds is 4. The van der Waals surface area contributed by atoms with Gasteiger partial charge in [-0.3, -0.25) is 4.90 Å². The number of ether oxygens (including phenoxy) is 1. The third-order valence-corrected chi connectivity index (χ3v) is 6.37. The fourth-order valence-corrected chi connectivity index (χ4v) is 5.43. The van der Waals surface area contributed by atoms with Gasteiger partial charge in [-0.1, -0.05) is 5.16 Å². The van der Waals surface area contributed by atoms with E-state index in [4.69, 9.17) is 9.26 Å². The van der Waals surface area contributed by atoms with E-state index in [9.17, 15) is 0 Å². The van der Waals surface area contributed by atoms with E-state index in [0.717, 1.165) is 41.5 Å². The lowest BCUT2D eigenvalue weighted by Gasteiger charge is -2.38. The van der Waals surface area contributed by atoms with Gasteiger partial charge in [0.2, 0.25) is 11.7 Å². The van der Waals surface area contributed by atoms with E-state index in [0.29, 0.717) is 11.9 Å². The topological polar surface area (TPSA) is 51.4 Å². The number of hydrogen-bond acceptors (Lipinski definition) is 5. The molecule has 2 aliphatic heterocycles. The minimum absolute atomic E-state index is 0.665. The molecule has 2 saturated carbocycles. The molecule has 6 rings (SSSR count). The smallest absolute Gasteiger partial charge is 0.241 e. The van der Waals surface area contributed by atoms with Crippen LogP contribution in [0.15, 0.2) is 28.8 Å². The molecule has 4 fully saturated rings. The molecule has 0 N–H and O–H groups in total. The van der Waals surface area contributed by atoms with Gasteiger partial charge in [0.15, 0.2) is 0 Å². The van der Waals surface area contributed by atoms with Crippen molar-refractivity contribution in [3.8, 4) is 17.1 Å². The Morgan fingerprint density at radius 2 is 1.76 bits per heavy atom. The Kier molecular flexibility index (Phi) is 3.77. The van der Waals surface area contributed by atoms with Gasteiger partial charge >= 0.3 is 0 Å². The normalized spacial score (nSPS) is 31.2. The fraction of sp³-hybridized carbons (Fsp3) is 0.600. The first-order chi connectivity index (χ1) is 12.3. The van der Waals surface area contributed by atoms with Crippen molar-refractivity contribution < 1.29 is 9.26 Å². The second-order valence-electron chi connectivity index (χ2n) is 8.10. The van der Waals surface area contributed by atoms with Crippen molar-refractivity contribution in [2.45, 2.75) is 44.7 Å². The van der Waals surface area contributed by atoms with E-state index in [1.54, 1.807) is 7.11 Å². The molecule has 1 aromatic heterocycles. The summed E-state index contributed by atoms with van der Waals surface area (Å²) in [6.45, 7) is 2.00. The van der Waals surface area contributed by atoms with Crippen molar-refractivity contribution >= 4 is 0 Å². The number of benzene rings is 1. The van der Waals surface area contributed by atoms with Gasteiger partial charge in [0.05, 0.1) is 13.7 Å². The Labute approximate surface area is 148 Å². The van der Waals surface area contributed by atoms with Crippen LogP contribution in [0.5, 0.6) is 5.75 Å². The lowest BCUT2D eigenvalue weighted by atomic mass is 9.68. The molecule has 0 spiro atoms. The first kappa shape index (κ1) is 15.4. The van der Waals surface area contributed by atoms with Crippen LogP contribution in [0, 0.1) is 17.8 Å². The van der Waals surface area contributed by atoms with Crippen LogP contribution in [0.1, 0.15) is 38.0 Å². The van der Waals surface area contributed by atoms with Crippen molar-refractivity contribution in [2.24, 2.45) is 17.8 Å². The molecule has 2 aliphatic carbocycles. The largest absolute Gasteiger partial charge is 0.497 e. The Bertz CT molecular complexity index is 728. The second-order valence-corrected chi connectivity index (χ2v) is 8.10. The Morgan fingerprint density at radius 1 is 1.04 bits per heavy atom. The SMILES string of the molecule is COc1ccc(-c2noc(CN3CC4C[C@@H]5CC3C[C@H](C4)C5)n2)cc1. The summed E-state index contributed by atoms with van der Waals surface area (Å²) in [5.41, 5.74) is 0.964. The van der Waals surface area contributed by atoms with Gasteiger partial charge in [-0.25, -0.2) is 0 Å². The summed E-state index contributed by atoms with van der Waals surface area (Å²) in [6, 6.07) is 8.51. The van der Waals surface area contributed by atoms with Gasteiger partial charge < -0.3 is 9.26 Å². The summed E-state index contributed by atoms with van der Waals surface area (Å²) in [6.07, 6.45) is 7.08. The highest BCUT2D eigenvalue weighted by molar-refractivity contribution is 5.55. The predicted octanol–water partition coefficient (Wildman–Crippen LogP) is 3.76. The summed E-state index contributed by atoms with van der Waals surface area (Å²) < 4.78 is 10.8. The highest BCUT2D eigenvalue weighted by Gasteiger charge is 2.42. The molecule has 132 valence electrons. The zero-order valence-corrected chi connectivity index (χ0v) is 14.7. The van der Waals surface area contributed by atoms with Crippen molar-refractivity contribution in [1.82, 2.24) is 15.0 Å². The molecular formula is C20H25N3O2. The van der Waals surface area contributed by atoms with E-state index < -0.39 is 0 Å². The molecule has 25 heavy (non-hydrogen) atoms. The third-order valence-electron chi connectivity index (χ3n) is 6.37. The van der Waals surface area contributed by atoms with E-state index in [1.807, 2.05) is 24.3 Å². The standard InChI is InChI=1S/C20H25N3O2/c1-24-18-4-2-16(3-5-18)20-21-19(25-22-20)12-23-11-15-7-13-6-14(8-15)10-17(23)9-13/h2-5,13-15,17H,6-12H2,1H3/t13-,14+,15?,17?. The zero-order valence-electron chi connectivity index (χ0n) is 14.7. The van der Waals surface area contributed by atoms with Gasteiger partial charge in [-0.05, 0) is 74.1 Å². The number of nitrogens with zero attached hydrogens (tertiary/aromatic N) is 3. The molecule has 5 nitrogen and oxygen atoms in total. The highest BCUT2D eigenvalue weighted by Crippen LogP contribution is 2.47. The van der Waals surface area contributed by atoms with E-state index in [-0.39, 0.29) is 0 Å². The third kappa shape index (κ3) is 2.95. The number of aromatic nitrogens is 2. The maximum absolute atomic E-state index is 5.57. The molecular weight excluding hydrogens is 314 g/mol. The Morgan fingerprint density at radius 3 is 2.48 bits per heavy atom. The molecule has 4 bridgehead atoms. The Hall–Kier alpha value is -1.88. The average molecular weight is 339 g/mol. The minimum atomic E-state index is 0.665. The summed E-state index contributed by atoms with van der Waals surface area (Å²) in [5.74, 6) is 5.04. The molecule has 0 amide bonds. The minimum Gasteiger partial charge on any atom is -0.497 e. The van der Waals surface area contributed by atoms with Crippen molar-refractivity contribution in [2.75, 3.05) is 13.7 Å². The van der Waals surface area contributed by atoms with Crippen LogP contribution < -0.4 is 4.74 Å². The summed E-state index contributed by atoms with van der Waals surface area (Å²) in [5, 5.41) is 4.19. The lowest BCUT2D eigenvalue weighted by molar-refractivity contribution is 0.114. The van der Waals surface area contributed by atoms with Crippen LogP contribution in [0.3, 0.4) is 0 Å². The average Bonchev–Trinajstić information content (AvgIpc) is 3.01. The first-order valence-corrected chi connectivity index (χ1v) is 9.48. The maximum Gasteiger partial charge on any atom is 0.241 e. The fourth-order valence-electron chi connectivity index (χ4n) is 5.43. The van der Waals surface area contributed by atoms with Crippen LogP contribution in [0.4, 0.5) is 0 Å². The second kappa shape index (κ2) is 6.13. The highest BCUT2D eigenvalue weighted by atomic mass is 16.5. The van der Waals surface area contributed by atoms with E-state index in [2.05, 4.69) is 15.0 Å². The van der Waals surface area contributed by atoms with Gasteiger partial charge in [-0.15, -0.1) is 0 Å². The molecule has 1 aromatic carbocycles. The van der Waals surface area contributed by atoms with Gasteiger partial charge in [-0.2, -0.15) is 4.98 Å². The molecule has 4 aliphatic rings.